The molecule has 1 aliphatic rings. The molecule has 1 atom stereocenters. The second-order valence-electron chi connectivity index (χ2n) is 8.07. The Morgan fingerprint density at radius 3 is 2.72 bits per heavy atom. The molecule has 0 aliphatic carbocycles. The molecule has 1 fully saturated rings. The van der Waals surface area contributed by atoms with Crippen LogP contribution in [-0.2, 0) is 0 Å². The third-order valence-electron chi connectivity index (χ3n) is 5.85. The molecule has 1 aliphatic heterocycles. The molecule has 0 saturated carbocycles. The Bertz CT molecular complexity index is 1270. The number of hydrogen-bond donors (Lipinski definition) is 0. The standard InChI is InChI=1S/C23H23ClN6O2/c1-15-3-5-20(30-25-8-9-26-30)18(13-15)22(31)28-10-7-16(2)29(12-11-28)23-27-19-14-17(24)4-6-21(19)32-23/h3-6,8-9,13-14,16H,7,10-12H2,1-2H3/t16-/m1/s1. The van der Waals surface area contributed by atoms with Gasteiger partial charge in [0, 0.05) is 30.7 Å². The highest BCUT2D eigenvalue weighted by Crippen LogP contribution is 2.28. The van der Waals surface area contributed by atoms with E-state index in [-0.39, 0.29) is 11.9 Å². The summed E-state index contributed by atoms with van der Waals surface area (Å²) in [6.45, 7) is 5.92. The van der Waals surface area contributed by atoms with Gasteiger partial charge in [-0.2, -0.15) is 20.0 Å². The van der Waals surface area contributed by atoms with Crippen molar-refractivity contribution in [2.75, 3.05) is 24.5 Å². The van der Waals surface area contributed by atoms with Gasteiger partial charge in [-0.1, -0.05) is 23.2 Å². The van der Waals surface area contributed by atoms with E-state index in [1.165, 1.54) is 4.80 Å². The first-order chi connectivity index (χ1) is 15.5. The van der Waals surface area contributed by atoms with Crippen LogP contribution in [0.1, 0.15) is 29.3 Å². The van der Waals surface area contributed by atoms with Gasteiger partial charge in [-0.25, -0.2) is 0 Å². The fourth-order valence-corrected chi connectivity index (χ4v) is 4.23. The summed E-state index contributed by atoms with van der Waals surface area (Å²) in [5.41, 5.74) is 3.71. The lowest BCUT2D eigenvalue weighted by atomic mass is 10.1. The molecule has 32 heavy (non-hydrogen) atoms. The summed E-state index contributed by atoms with van der Waals surface area (Å²) in [5, 5.41) is 9.04. The van der Waals surface area contributed by atoms with E-state index in [0.29, 0.717) is 47.5 Å². The molecule has 1 saturated heterocycles. The average molecular weight is 451 g/mol. The number of rotatable bonds is 3. The van der Waals surface area contributed by atoms with Crippen molar-refractivity contribution < 1.29 is 9.21 Å². The zero-order valence-electron chi connectivity index (χ0n) is 17.9. The lowest BCUT2D eigenvalue weighted by Crippen LogP contribution is -2.37. The number of oxazole rings is 1. The number of halogens is 1. The third-order valence-corrected chi connectivity index (χ3v) is 6.08. The Kier molecular flexibility index (Phi) is 5.30. The molecule has 3 heterocycles. The van der Waals surface area contributed by atoms with Crippen LogP contribution in [0.3, 0.4) is 0 Å². The van der Waals surface area contributed by atoms with E-state index >= 15 is 0 Å². The van der Waals surface area contributed by atoms with Gasteiger partial charge in [-0.3, -0.25) is 4.79 Å². The van der Waals surface area contributed by atoms with E-state index in [9.17, 15) is 4.79 Å². The maximum absolute atomic E-state index is 13.5. The third kappa shape index (κ3) is 3.82. The van der Waals surface area contributed by atoms with Gasteiger partial charge in [0.05, 0.1) is 23.6 Å². The highest BCUT2D eigenvalue weighted by atomic mass is 35.5. The summed E-state index contributed by atoms with van der Waals surface area (Å²) in [6, 6.07) is 11.9. The summed E-state index contributed by atoms with van der Waals surface area (Å²) >= 11 is 6.09. The number of anilines is 1. The number of aryl methyl sites for hydroxylation is 1. The maximum atomic E-state index is 13.5. The van der Waals surface area contributed by atoms with Gasteiger partial charge in [0.25, 0.3) is 11.9 Å². The summed E-state index contributed by atoms with van der Waals surface area (Å²) in [7, 11) is 0. The molecule has 164 valence electrons. The van der Waals surface area contributed by atoms with Gasteiger partial charge >= 0.3 is 0 Å². The van der Waals surface area contributed by atoms with E-state index < -0.39 is 0 Å². The zero-order valence-corrected chi connectivity index (χ0v) is 18.7. The Morgan fingerprint density at radius 2 is 1.91 bits per heavy atom. The van der Waals surface area contributed by atoms with Crippen LogP contribution in [0.25, 0.3) is 16.8 Å². The molecule has 0 N–H and O–H groups in total. The van der Waals surface area contributed by atoms with Gasteiger partial charge in [0.1, 0.15) is 5.52 Å². The number of nitrogens with zero attached hydrogens (tertiary/aromatic N) is 6. The van der Waals surface area contributed by atoms with Crippen molar-refractivity contribution in [2.24, 2.45) is 0 Å². The first-order valence-corrected chi connectivity index (χ1v) is 11.0. The van der Waals surface area contributed by atoms with Crippen LogP contribution in [0.5, 0.6) is 0 Å². The van der Waals surface area contributed by atoms with E-state index in [1.54, 1.807) is 24.5 Å². The second-order valence-corrected chi connectivity index (χ2v) is 8.51. The Morgan fingerprint density at radius 1 is 1.09 bits per heavy atom. The average Bonchev–Trinajstić information content (AvgIpc) is 3.41. The number of hydrogen-bond acceptors (Lipinski definition) is 6. The minimum atomic E-state index is -0.0283. The number of benzene rings is 2. The monoisotopic (exact) mass is 450 g/mol. The smallest absolute Gasteiger partial charge is 0.298 e. The van der Waals surface area contributed by atoms with Crippen molar-refractivity contribution >= 4 is 34.6 Å². The maximum Gasteiger partial charge on any atom is 0.298 e. The molecular formula is C23H23ClN6O2. The largest absolute Gasteiger partial charge is 0.423 e. The molecule has 5 rings (SSSR count). The van der Waals surface area contributed by atoms with Crippen LogP contribution in [0.15, 0.2) is 53.2 Å². The van der Waals surface area contributed by atoms with Crippen LogP contribution < -0.4 is 4.90 Å². The normalized spacial score (nSPS) is 17.0. The fourth-order valence-electron chi connectivity index (χ4n) is 4.06. The first-order valence-electron chi connectivity index (χ1n) is 10.6. The van der Waals surface area contributed by atoms with Gasteiger partial charge < -0.3 is 14.2 Å². The molecule has 4 aromatic rings. The second kappa shape index (κ2) is 8.27. The van der Waals surface area contributed by atoms with Gasteiger partial charge in [0.2, 0.25) is 0 Å². The van der Waals surface area contributed by atoms with Crippen LogP contribution in [0, 0.1) is 6.92 Å². The van der Waals surface area contributed by atoms with Crippen molar-refractivity contribution in [2.45, 2.75) is 26.3 Å². The predicted octanol–water partition coefficient (Wildman–Crippen LogP) is 4.11. The van der Waals surface area contributed by atoms with Crippen LogP contribution in [0.2, 0.25) is 5.02 Å². The molecule has 0 spiro atoms. The van der Waals surface area contributed by atoms with E-state index in [1.807, 2.05) is 36.1 Å². The Hall–Kier alpha value is -3.39. The lowest BCUT2D eigenvalue weighted by Gasteiger charge is -2.24. The number of carbonyl (C=O) groups excluding carboxylic acids is 1. The zero-order chi connectivity index (χ0) is 22.2. The minimum absolute atomic E-state index is 0.0283. The molecular weight excluding hydrogens is 428 g/mol. The topological polar surface area (TPSA) is 80.3 Å². The molecule has 0 bridgehead atoms. The molecule has 0 unspecified atom stereocenters. The quantitative estimate of drug-likeness (QED) is 0.467. The molecule has 0 radical (unpaired) electrons. The van der Waals surface area contributed by atoms with Gasteiger partial charge in [0.15, 0.2) is 5.58 Å². The van der Waals surface area contributed by atoms with Crippen molar-refractivity contribution in [3.05, 3.63) is 64.9 Å². The fraction of sp³-hybridized carbons (Fsp3) is 0.304. The van der Waals surface area contributed by atoms with Crippen LogP contribution >= 0.6 is 11.6 Å². The summed E-state index contributed by atoms with van der Waals surface area (Å²) in [4.78, 5) is 23.7. The summed E-state index contributed by atoms with van der Waals surface area (Å²) < 4.78 is 5.99. The first kappa shape index (κ1) is 20.5. The van der Waals surface area contributed by atoms with Gasteiger partial charge in [-0.05, 0) is 50.6 Å². The lowest BCUT2D eigenvalue weighted by molar-refractivity contribution is 0.0765. The number of amides is 1. The van der Waals surface area contributed by atoms with Crippen LogP contribution in [-0.4, -0.2) is 56.5 Å². The number of fused-ring (bicyclic) bond motifs is 1. The highest BCUT2D eigenvalue weighted by molar-refractivity contribution is 6.31. The van der Waals surface area contributed by atoms with Crippen molar-refractivity contribution in [3.8, 4) is 5.69 Å². The minimum Gasteiger partial charge on any atom is -0.423 e. The molecule has 1 amide bonds. The van der Waals surface area contributed by atoms with E-state index in [2.05, 4.69) is 27.0 Å². The number of carbonyl (C=O) groups is 1. The molecule has 2 aromatic heterocycles. The van der Waals surface area contributed by atoms with Crippen LogP contribution in [0.4, 0.5) is 6.01 Å². The SMILES string of the molecule is Cc1ccc(-n2nccn2)c(C(=O)N2CC[C@@H](C)N(c3nc4cc(Cl)ccc4o3)CC2)c1. The van der Waals surface area contributed by atoms with Crippen molar-refractivity contribution in [1.82, 2.24) is 24.9 Å². The van der Waals surface area contributed by atoms with E-state index in [0.717, 1.165) is 17.5 Å². The molecule has 8 nitrogen and oxygen atoms in total. The number of aromatic nitrogens is 4. The summed E-state index contributed by atoms with van der Waals surface area (Å²) in [6.07, 6.45) is 4.01. The van der Waals surface area contributed by atoms with E-state index in [4.69, 9.17) is 16.0 Å². The highest BCUT2D eigenvalue weighted by Gasteiger charge is 2.28. The van der Waals surface area contributed by atoms with Crippen molar-refractivity contribution in [1.29, 1.82) is 0 Å². The van der Waals surface area contributed by atoms with Gasteiger partial charge in [-0.15, -0.1) is 0 Å². The predicted molar refractivity (Wildman–Crippen MR) is 122 cm³/mol. The molecule has 2 aromatic carbocycles. The Balaban J connectivity index is 1.40. The molecule has 9 heteroatoms. The summed E-state index contributed by atoms with van der Waals surface area (Å²) in [5.74, 6) is -0.0283. The van der Waals surface area contributed by atoms with Crippen molar-refractivity contribution in [3.63, 3.8) is 0 Å². The Labute approximate surface area is 190 Å².